The molecule has 0 bridgehead atoms. The minimum absolute atomic E-state index is 0.0606. The molecule has 0 aliphatic carbocycles. The van der Waals surface area contributed by atoms with Gasteiger partial charge >= 0.3 is 0 Å². The Kier molecular flexibility index (Phi) is 4.21. The topological polar surface area (TPSA) is 22.8 Å². The first kappa shape index (κ1) is 21.5. The summed E-state index contributed by atoms with van der Waals surface area (Å²) >= 11 is 0. The van der Waals surface area contributed by atoms with Crippen LogP contribution in [-0.2, 0) is 5.54 Å². The van der Waals surface area contributed by atoms with Crippen LogP contribution in [0.25, 0.3) is 70.8 Å². The highest BCUT2D eigenvalue weighted by atomic mass is 15.1. The molecule has 3 heteroatoms. The quantitative estimate of drug-likeness (QED) is 0.211. The van der Waals surface area contributed by atoms with Gasteiger partial charge in [0.15, 0.2) is 0 Å². The summed E-state index contributed by atoms with van der Waals surface area (Å²) in [6.07, 6.45) is 3.82. The van der Waals surface area contributed by atoms with Crippen molar-refractivity contribution in [1.29, 1.82) is 0 Å². The largest absolute Gasteiger partial charge is 0.335 e. The predicted molar refractivity (Wildman–Crippen MR) is 162 cm³/mol. The standard InChI is InChI=1S/C35H27N3/c1-35(2,3)38-30-13-7-6-12-28(30)33-31(38)15-14-27-29-19-24-17-22-9-4-5-10-23(22)18-25(24)20-32(29)37(34(27)33)26-11-8-16-36-21-26/h4-21H,1-3H3. The molecule has 0 saturated carbocycles. The van der Waals surface area contributed by atoms with E-state index in [1.54, 1.807) is 0 Å². The first-order chi connectivity index (χ1) is 18.5. The monoisotopic (exact) mass is 489 g/mol. The Morgan fingerprint density at radius 2 is 1.32 bits per heavy atom. The maximum Gasteiger partial charge on any atom is 0.0645 e. The molecule has 0 aliphatic heterocycles. The van der Waals surface area contributed by atoms with Gasteiger partial charge in [0.2, 0.25) is 0 Å². The molecule has 0 radical (unpaired) electrons. The van der Waals surface area contributed by atoms with E-state index in [1.807, 2.05) is 18.5 Å². The van der Waals surface area contributed by atoms with Crippen molar-refractivity contribution >= 4 is 65.2 Å². The molecule has 0 atom stereocenters. The van der Waals surface area contributed by atoms with Crippen molar-refractivity contribution in [2.45, 2.75) is 26.3 Å². The van der Waals surface area contributed by atoms with Crippen LogP contribution in [0.1, 0.15) is 20.8 Å². The van der Waals surface area contributed by atoms with Gasteiger partial charge in [0.05, 0.1) is 28.4 Å². The van der Waals surface area contributed by atoms with E-state index >= 15 is 0 Å². The van der Waals surface area contributed by atoms with Crippen molar-refractivity contribution in [2.24, 2.45) is 0 Å². The van der Waals surface area contributed by atoms with E-state index in [4.69, 9.17) is 0 Å². The maximum absolute atomic E-state index is 4.52. The van der Waals surface area contributed by atoms with Crippen LogP contribution in [0.3, 0.4) is 0 Å². The summed E-state index contributed by atoms with van der Waals surface area (Å²) in [5.41, 5.74) is 5.99. The highest BCUT2D eigenvalue weighted by Crippen LogP contribution is 2.43. The van der Waals surface area contributed by atoms with E-state index in [1.165, 1.54) is 65.2 Å². The van der Waals surface area contributed by atoms with Crippen LogP contribution >= 0.6 is 0 Å². The SMILES string of the molecule is CC(C)(C)n1c2ccccc2c2c3c(ccc21)c1cc2cc4ccccc4cc2cc1n3-c1cccnc1. The van der Waals surface area contributed by atoms with Crippen LogP contribution in [0.2, 0.25) is 0 Å². The lowest BCUT2D eigenvalue weighted by molar-refractivity contribution is 0.423. The molecule has 8 rings (SSSR count). The molecule has 0 fully saturated rings. The average molecular weight is 490 g/mol. The molecule has 3 aromatic heterocycles. The minimum atomic E-state index is -0.0606. The minimum Gasteiger partial charge on any atom is -0.335 e. The van der Waals surface area contributed by atoms with Gasteiger partial charge in [0.25, 0.3) is 0 Å². The highest BCUT2D eigenvalue weighted by molar-refractivity contribution is 6.27. The molecule has 38 heavy (non-hydrogen) atoms. The molecule has 0 saturated heterocycles. The fourth-order valence-corrected chi connectivity index (χ4v) is 6.47. The van der Waals surface area contributed by atoms with Crippen molar-refractivity contribution in [1.82, 2.24) is 14.1 Å². The molecule has 0 unspecified atom stereocenters. The third kappa shape index (κ3) is 2.87. The smallest absolute Gasteiger partial charge is 0.0645 e. The van der Waals surface area contributed by atoms with Gasteiger partial charge in [-0.25, -0.2) is 0 Å². The number of nitrogens with zero attached hydrogens (tertiary/aromatic N) is 3. The molecular formula is C35H27N3. The van der Waals surface area contributed by atoms with Gasteiger partial charge in [0.1, 0.15) is 0 Å². The zero-order valence-electron chi connectivity index (χ0n) is 21.7. The third-order valence-electron chi connectivity index (χ3n) is 7.96. The van der Waals surface area contributed by atoms with Crippen LogP contribution in [-0.4, -0.2) is 14.1 Å². The van der Waals surface area contributed by atoms with Crippen molar-refractivity contribution in [2.75, 3.05) is 0 Å². The normalized spacial score (nSPS) is 12.6. The molecule has 3 nitrogen and oxygen atoms in total. The number of aromatic nitrogens is 3. The Balaban J connectivity index is 1.64. The Morgan fingerprint density at radius 3 is 2.05 bits per heavy atom. The Morgan fingerprint density at radius 1 is 0.579 bits per heavy atom. The van der Waals surface area contributed by atoms with Crippen molar-refractivity contribution < 1.29 is 0 Å². The van der Waals surface area contributed by atoms with Crippen molar-refractivity contribution in [3.63, 3.8) is 0 Å². The lowest BCUT2D eigenvalue weighted by Crippen LogP contribution is -2.21. The molecule has 0 amide bonds. The second-order valence-electron chi connectivity index (χ2n) is 11.3. The summed E-state index contributed by atoms with van der Waals surface area (Å²) in [4.78, 5) is 4.52. The second kappa shape index (κ2) is 7.45. The lowest BCUT2D eigenvalue weighted by atomic mass is 10.0. The molecule has 5 aromatic carbocycles. The Hall–Kier alpha value is -4.63. The van der Waals surface area contributed by atoms with Gasteiger partial charge in [-0.05, 0) is 90.8 Å². The van der Waals surface area contributed by atoms with Crippen LogP contribution in [0.4, 0.5) is 0 Å². The zero-order chi connectivity index (χ0) is 25.6. The third-order valence-corrected chi connectivity index (χ3v) is 7.96. The van der Waals surface area contributed by atoms with Crippen molar-refractivity contribution in [3.8, 4) is 5.69 Å². The summed E-state index contributed by atoms with van der Waals surface area (Å²) in [5, 5.41) is 10.2. The highest BCUT2D eigenvalue weighted by Gasteiger charge is 2.24. The summed E-state index contributed by atoms with van der Waals surface area (Å²) < 4.78 is 4.92. The number of para-hydroxylation sites is 1. The maximum atomic E-state index is 4.52. The molecule has 0 aliphatic rings. The van der Waals surface area contributed by atoms with E-state index in [9.17, 15) is 0 Å². The molecule has 8 aromatic rings. The fraction of sp³-hybridized carbons (Fsp3) is 0.114. The van der Waals surface area contributed by atoms with E-state index in [0.717, 1.165) is 5.69 Å². The molecule has 182 valence electrons. The van der Waals surface area contributed by atoms with Gasteiger partial charge in [-0.3, -0.25) is 4.98 Å². The first-order valence-electron chi connectivity index (χ1n) is 13.2. The number of benzene rings is 5. The number of hydrogen-bond donors (Lipinski definition) is 0. The summed E-state index contributed by atoms with van der Waals surface area (Å²) in [7, 11) is 0. The first-order valence-corrected chi connectivity index (χ1v) is 13.2. The summed E-state index contributed by atoms with van der Waals surface area (Å²) in [5.74, 6) is 0. The van der Waals surface area contributed by atoms with E-state index in [0.29, 0.717) is 0 Å². The van der Waals surface area contributed by atoms with Gasteiger partial charge in [-0.1, -0.05) is 48.5 Å². The van der Waals surface area contributed by atoms with Gasteiger partial charge in [-0.15, -0.1) is 0 Å². The van der Waals surface area contributed by atoms with Gasteiger partial charge in [-0.2, -0.15) is 0 Å². The number of fused-ring (bicyclic) bond motifs is 9. The summed E-state index contributed by atoms with van der Waals surface area (Å²) in [6, 6.07) is 35.7. The number of hydrogen-bond acceptors (Lipinski definition) is 1. The van der Waals surface area contributed by atoms with E-state index in [-0.39, 0.29) is 5.54 Å². The second-order valence-corrected chi connectivity index (χ2v) is 11.3. The lowest BCUT2D eigenvalue weighted by Gasteiger charge is -2.24. The van der Waals surface area contributed by atoms with E-state index < -0.39 is 0 Å². The molecule has 3 heterocycles. The Labute approximate surface area is 220 Å². The number of pyridine rings is 1. The zero-order valence-corrected chi connectivity index (χ0v) is 21.7. The number of rotatable bonds is 1. The van der Waals surface area contributed by atoms with E-state index in [2.05, 4.69) is 126 Å². The van der Waals surface area contributed by atoms with Crippen molar-refractivity contribution in [3.05, 3.63) is 109 Å². The molecule has 0 N–H and O–H groups in total. The fourth-order valence-electron chi connectivity index (χ4n) is 6.47. The predicted octanol–water partition coefficient (Wildman–Crippen LogP) is 9.35. The van der Waals surface area contributed by atoms with Crippen LogP contribution < -0.4 is 0 Å². The Bertz CT molecular complexity index is 2210. The van der Waals surface area contributed by atoms with Gasteiger partial charge in [0, 0.05) is 38.8 Å². The van der Waals surface area contributed by atoms with Gasteiger partial charge < -0.3 is 9.13 Å². The molecular weight excluding hydrogens is 462 g/mol. The van der Waals surface area contributed by atoms with Crippen LogP contribution in [0.15, 0.2) is 109 Å². The average Bonchev–Trinajstić information content (AvgIpc) is 3.43. The van der Waals surface area contributed by atoms with Crippen LogP contribution in [0.5, 0.6) is 0 Å². The summed E-state index contributed by atoms with van der Waals surface area (Å²) in [6.45, 7) is 6.87. The molecule has 0 spiro atoms. The van der Waals surface area contributed by atoms with Crippen LogP contribution in [0, 0.1) is 0 Å².